The highest BCUT2D eigenvalue weighted by atomic mass is 19.4. The molecule has 0 aliphatic carbocycles. The van der Waals surface area contributed by atoms with Gasteiger partial charge in [-0.25, -0.2) is 9.37 Å². The quantitative estimate of drug-likeness (QED) is 0.0613. The maximum absolute atomic E-state index is 14.9. The molecule has 59 heavy (non-hydrogen) atoms. The number of piperazine rings is 1. The summed E-state index contributed by atoms with van der Waals surface area (Å²) in [5, 5.41) is 10.9. The lowest BCUT2D eigenvalue weighted by Gasteiger charge is -2.35. The molecule has 0 unspecified atom stereocenters. The number of rotatable bonds is 17. The number of pyridine rings is 1. The fraction of sp³-hybridized carbons (Fsp3) is 0.310. The first-order chi connectivity index (χ1) is 28.2. The Morgan fingerprint density at radius 1 is 0.898 bits per heavy atom. The second kappa shape index (κ2) is 19.8. The molecular formula is C42H43F4N7O6. The minimum Gasteiger partial charge on any atom is -0.378 e. The molecular weight excluding hydrogens is 774 g/mol. The molecule has 4 aromatic rings. The molecule has 0 radical (unpaired) electrons. The molecule has 13 nitrogen and oxygen atoms in total. The summed E-state index contributed by atoms with van der Waals surface area (Å²) in [4.78, 5) is 70.5. The second-order valence-corrected chi connectivity index (χ2v) is 13.7. The molecule has 1 aromatic heterocycles. The van der Waals surface area contributed by atoms with Crippen LogP contribution in [-0.2, 0) is 33.3 Å². The third kappa shape index (κ3) is 11.3. The molecule has 1 aliphatic heterocycles. The zero-order valence-electron chi connectivity index (χ0n) is 32.2. The van der Waals surface area contributed by atoms with Gasteiger partial charge in [-0.15, -0.1) is 0 Å². The molecule has 0 atom stereocenters. The highest BCUT2D eigenvalue weighted by molar-refractivity contribution is 6.09. The molecule has 2 heterocycles. The van der Waals surface area contributed by atoms with E-state index in [0.717, 1.165) is 17.7 Å². The van der Waals surface area contributed by atoms with E-state index in [1.165, 1.54) is 39.1 Å². The molecule has 17 heteroatoms. The number of alkyl halides is 3. The standard InChI is InChI=1S/C42H43F4N7O6/c1-2-27-6-5-7-29(20-27)30-23-34(42(44,45)46)38(50-24-30)40(57)49-12-18-59-19-17-51(26-54)25-37(55)52-13-15-53(16-14-52)41(58)33-21-28(10-11-35(33)43)22-36(47)31-8-3-4-9-32(31)39(48)56/h3-11,20-21,23-24,26,47H,2,12-19,22,25H2,1H3,(H2,48,56)(H,49,57). The van der Waals surface area contributed by atoms with Crippen molar-refractivity contribution in [3.8, 4) is 11.1 Å². The average Bonchev–Trinajstić information content (AvgIpc) is 3.24. The third-order valence-corrected chi connectivity index (χ3v) is 9.70. The first-order valence-electron chi connectivity index (χ1n) is 18.7. The number of hydrogen-bond acceptors (Lipinski definition) is 8. The minimum absolute atomic E-state index is 0.00328. The number of benzene rings is 3. The van der Waals surface area contributed by atoms with E-state index in [0.29, 0.717) is 29.5 Å². The summed E-state index contributed by atoms with van der Waals surface area (Å²) in [5.74, 6) is -3.45. The van der Waals surface area contributed by atoms with Crippen molar-refractivity contribution in [2.24, 2.45) is 5.73 Å². The average molecular weight is 818 g/mol. The number of nitrogens with zero attached hydrogens (tertiary/aromatic N) is 4. The monoisotopic (exact) mass is 817 g/mol. The van der Waals surface area contributed by atoms with Gasteiger partial charge in [0.1, 0.15) is 11.5 Å². The van der Waals surface area contributed by atoms with Crippen LogP contribution >= 0.6 is 0 Å². The van der Waals surface area contributed by atoms with Crippen molar-refractivity contribution in [2.75, 3.05) is 59.0 Å². The lowest BCUT2D eigenvalue weighted by molar-refractivity contribution is -0.138. The topological polar surface area (TPSA) is 179 Å². The van der Waals surface area contributed by atoms with Gasteiger partial charge in [0.2, 0.25) is 18.2 Å². The molecule has 0 saturated carbocycles. The van der Waals surface area contributed by atoms with Gasteiger partial charge in [0.05, 0.1) is 30.9 Å². The van der Waals surface area contributed by atoms with Crippen LogP contribution in [0, 0.1) is 11.2 Å². The van der Waals surface area contributed by atoms with Crippen LogP contribution in [0.4, 0.5) is 17.6 Å². The maximum Gasteiger partial charge on any atom is 0.418 e. The van der Waals surface area contributed by atoms with Gasteiger partial charge in [0.25, 0.3) is 11.8 Å². The van der Waals surface area contributed by atoms with Crippen molar-refractivity contribution in [3.05, 3.63) is 124 Å². The van der Waals surface area contributed by atoms with E-state index in [4.69, 9.17) is 15.9 Å². The summed E-state index contributed by atoms with van der Waals surface area (Å²) >= 11 is 0. The van der Waals surface area contributed by atoms with Gasteiger partial charge in [0, 0.05) is 74.3 Å². The van der Waals surface area contributed by atoms with Crippen LogP contribution in [0.2, 0.25) is 0 Å². The predicted molar refractivity (Wildman–Crippen MR) is 209 cm³/mol. The Balaban J connectivity index is 1.05. The molecule has 310 valence electrons. The van der Waals surface area contributed by atoms with Crippen LogP contribution in [0.1, 0.15) is 60.4 Å². The number of ether oxygens (including phenoxy) is 1. The van der Waals surface area contributed by atoms with Gasteiger partial charge in [-0.1, -0.05) is 55.5 Å². The molecule has 0 bridgehead atoms. The minimum atomic E-state index is -4.83. The van der Waals surface area contributed by atoms with Crippen LogP contribution in [0.5, 0.6) is 0 Å². The largest absolute Gasteiger partial charge is 0.418 e. The summed E-state index contributed by atoms with van der Waals surface area (Å²) in [7, 11) is 0. The number of halogens is 4. The zero-order chi connectivity index (χ0) is 42.7. The van der Waals surface area contributed by atoms with Crippen LogP contribution in [0.3, 0.4) is 0 Å². The SMILES string of the molecule is CCc1cccc(-c2cnc(C(=O)NCCOCCN(C=O)CC(=O)N3CCN(C(=O)c4cc(CC(=N)c5ccccc5C(N)=O)ccc4F)CC3)c(C(F)(F)F)c2)c1. The Hall–Kier alpha value is -6.49. The van der Waals surface area contributed by atoms with E-state index < -0.39 is 46.9 Å². The van der Waals surface area contributed by atoms with Gasteiger partial charge in [-0.05, 0) is 47.4 Å². The number of nitrogens with two attached hydrogens (primary N) is 1. The van der Waals surface area contributed by atoms with E-state index in [1.54, 1.807) is 36.4 Å². The summed E-state index contributed by atoms with van der Waals surface area (Å²) in [5.41, 5.74) is 6.04. The van der Waals surface area contributed by atoms with Crippen molar-refractivity contribution in [2.45, 2.75) is 25.9 Å². The maximum atomic E-state index is 14.9. The van der Waals surface area contributed by atoms with Crippen molar-refractivity contribution in [1.29, 1.82) is 5.41 Å². The Morgan fingerprint density at radius 3 is 2.29 bits per heavy atom. The van der Waals surface area contributed by atoms with Crippen molar-refractivity contribution < 1.29 is 46.3 Å². The molecule has 5 amide bonds. The Labute approximate surface area is 337 Å². The zero-order valence-corrected chi connectivity index (χ0v) is 32.2. The van der Waals surface area contributed by atoms with Gasteiger partial charge in [-0.2, -0.15) is 13.2 Å². The number of aryl methyl sites for hydroxylation is 1. The number of nitrogens with one attached hydrogen (secondary N) is 2. The Bertz CT molecular complexity index is 2210. The molecule has 1 saturated heterocycles. The highest BCUT2D eigenvalue weighted by Crippen LogP contribution is 2.34. The molecule has 1 aliphatic rings. The van der Waals surface area contributed by atoms with Crippen LogP contribution < -0.4 is 11.1 Å². The molecule has 4 N–H and O–H groups in total. The lowest BCUT2D eigenvalue weighted by Crippen LogP contribution is -2.52. The summed E-state index contributed by atoms with van der Waals surface area (Å²) < 4.78 is 62.2. The fourth-order valence-corrected chi connectivity index (χ4v) is 6.47. The first-order valence-corrected chi connectivity index (χ1v) is 18.7. The van der Waals surface area contributed by atoms with Crippen LogP contribution in [0.25, 0.3) is 11.1 Å². The highest BCUT2D eigenvalue weighted by Gasteiger charge is 2.37. The number of carbonyl (C=O) groups excluding carboxylic acids is 5. The normalized spacial score (nSPS) is 12.8. The van der Waals surface area contributed by atoms with E-state index in [1.807, 2.05) is 13.0 Å². The molecule has 3 aromatic carbocycles. The number of carbonyl (C=O) groups is 5. The number of hydrogen-bond donors (Lipinski definition) is 3. The van der Waals surface area contributed by atoms with Crippen molar-refractivity contribution >= 4 is 35.8 Å². The predicted octanol–water partition coefficient (Wildman–Crippen LogP) is 4.37. The van der Waals surface area contributed by atoms with Gasteiger partial charge < -0.3 is 35.9 Å². The van der Waals surface area contributed by atoms with Crippen LogP contribution in [0.15, 0.2) is 79.0 Å². The molecule has 5 rings (SSSR count). The van der Waals surface area contributed by atoms with E-state index >= 15 is 0 Å². The Kier molecular flexibility index (Phi) is 14.6. The number of primary amides is 1. The third-order valence-electron chi connectivity index (χ3n) is 9.70. The number of aromatic nitrogens is 1. The first kappa shape index (κ1) is 43.6. The van der Waals surface area contributed by atoms with E-state index in [2.05, 4.69) is 10.3 Å². The smallest absolute Gasteiger partial charge is 0.378 e. The van der Waals surface area contributed by atoms with Gasteiger partial charge >= 0.3 is 6.18 Å². The van der Waals surface area contributed by atoms with E-state index in [9.17, 15) is 41.5 Å². The summed E-state index contributed by atoms with van der Waals surface area (Å²) in [6.45, 7) is 1.82. The van der Waals surface area contributed by atoms with Crippen LogP contribution in [-0.4, -0.2) is 114 Å². The second-order valence-electron chi connectivity index (χ2n) is 13.7. The molecule has 0 spiro atoms. The molecule has 1 fully saturated rings. The van der Waals surface area contributed by atoms with E-state index in [-0.39, 0.29) is 87.8 Å². The fourth-order valence-electron chi connectivity index (χ4n) is 6.47. The van der Waals surface area contributed by atoms with Crippen molar-refractivity contribution in [3.63, 3.8) is 0 Å². The van der Waals surface area contributed by atoms with Crippen molar-refractivity contribution in [1.82, 2.24) is 25.0 Å². The Morgan fingerprint density at radius 2 is 1.61 bits per heavy atom. The summed E-state index contributed by atoms with van der Waals surface area (Å²) in [6, 6.07) is 18.3. The number of amides is 5. The van der Waals surface area contributed by atoms with Gasteiger partial charge in [-0.3, -0.25) is 24.0 Å². The van der Waals surface area contributed by atoms with Gasteiger partial charge in [0.15, 0.2) is 0 Å². The summed E-state index contributed by atoms with van der Waals surface area (Å²) in [6.07, 6.45) is -2.43. The lowest BCUT2D eigenvalue weighted by atomic mass is 9.96.